The van der Waals surface area contributed by atoms with Crippen LogP contribution >= 0.6 is 0 Å². The van der Waals surface area contributed by atoms with Crippen molar-refractivity contribution in [1.82, 2.24) is 0 Å². The highest BCUT2D eigenvalue weighted by atomic mass is 16.5. The van der Waals surface area contributed by atoms with Gasteiger partial charge in [0, 0.05) is 0 Å². The van der Waals surface area contributed by atoms with E-state index in [1.54, 1.807) is 6.07 Å². The summed E-state index contributed by atoms with van der Waals surface area (Å²) < 4.78 is 18.8. The summed E-state index contributed by atoms with van der Waals surface area (Å²) in [7, 11) is 4.99. The van der Waals surface area contributed by atoms with E-state index in [4.69, 9.17) is 4.74 Å². The number of ether oxygens (including phenoxy) is 4. The van der Waals surface area contributed by atoms with Crippen molar-refractivity contribution in [2.75, 3.05) is 33.8 Å². The molecule has 1 N–H and O–H groups in total. The predicted octanol–water partition coefficient (Wildman–Crippen LogP) is 1.12. The van der Waals surface area contributed by atoms with Crippen LogP contribution in [0.25, 0.3) is 0 Å². The van der Waals surface area contributed by atoms with Gasteiger partial charge in [-0.1, -0.05) is 0 Å². The molecule has 0 aromatic heterocycles. The van der Waals surface area contributed by atoms with Gasteiger partial charge in [0.1, 0.15) is 11.4 Å². The minimum Gasteiger partial charge on any atom is -0.497 e. The number of carbonyl (C=O) groups is 3. The Bertz CT molecular complexity index is 637. The van der Waals surface area contributed by atoms with Gasteiger partial charge >= 0.3 is 17.9 Å². The van der Waals surface area contributed by atoms with E-state index < -0.39 is 17.9 Å². The quantitative estimate of drug-likeness (QED) is 0.472. The largest absolute Gasteiger partial charge is 0.497 e. The highest BCUT2D eigenvalue weighted by molar-refractivity contribution is 6.02. The molecule has 8 nitrogen and oxygen atoms in total. The van der Waals surface area contributed by atoms with Crippen LogP contribution in [0.15, 0.2) is 30.0 Å². The molecule has 1 rings (SSSR count). The van der Waals surface area contributed by atoms with E-state index in [1.807, 2.05) is 0 Å². The molecule has 0 heterocycles. The predicted molar refractivity (Wildman–Crippen MR) is 80.1 cm³/mol. The lowest BCUT2D eigenvalue weighted by Crippen LogP contribution is -2.17. The first-order chi connectivity index (χ1) is 11.0. The third-order valence-corrected chi connectivity index (χ3v) is 2.77. The summed E-state index contributed by atoms with van der Waals surface area (Å²) in [6.45, 7) is 0. The number of hydrogen-bond donors (Lipinski definition) is 1. The summed E-state index contributed by atoms with van der Waals surface area (Å²) in [6.07, 6.45) is 0.914. The Kier molecular flexibility index (Phi) is 6.60. The fourth-order valence-electron chi connectivity index (χ4n) is 1.62. The zero-order valence-electron chi connectivity index (χ0n) is 13.2. The monoisotopic (exact) mass is 323 g/mol. The van der Waals surface area contributed by atoms with Crippen molar-refractivity contribution >= 4 is 23.6 Å². The number of esters is 3. The second-order valence-corrected chi connectivity index (χ2v) is 4.10. The first-order valence-electron chi connectivity index (χ1n) is 6.38. The maximum absolute atomic E-state index is 11.9. The molecule has 0 saturated carbocycles. The second-order valence-electron chi connectivity index (χ2n) is 4.10. The maximum atomic E-state index is 11.9. The molecule has 0 aliphatic rings. The van der Waals surface area contributed by atoms with Crippen LogP contribution in [0, 0.1) is 0 Å². The Morgan fingerprint density at radius 3 is 2.22 bits per heavy atom. The number of carbonyl (C=O) groups excluding carboxylic acids is 3. The smallest absolute Gasteiger partial charge is 0.354 e. The van der Waals surface area contributed by atoms with Crippen molar-refractivity contribution < 1.29 is 33.3 Å². The molecule has 1 aromatic rings. The SMILES string of the molecule is COC(=O)/C=C(/Nc1ccc(OC)cc1C(=O)OC)C(=O)OC. The second kappa shape index (κ2) is 8.42. The van der Waals surface area contributed by atoms with E-state index in [0.29, 0.717) is 5.75 Å². The zero-order valence-corrected chi connectivity index (χ0v) is 13.2. The van der Waals surface area contributed by atoms with E-state index in [-0.39, 0.29) is 16.9 Å². The molecule has 124 valence electrons. The summed E-state index contributed by atoms with van der Waals surface area (Å²) in [5.74, 6) is -1.78. The molecule has 0 aliphatic heterocycles. The molecular weight excluding hydrogens is 306 g/mol. The number of rotatable bonds is 6. The fourth-order valence-corrected chi connectivity index (χ4v) is 1.62. The van der Waals surface area contributed by atoms with E-state index in [0.717, 1.165) is 13.2 Å². The molecule has 1 aromatic carbocycles. The van der Waals surface area contributed by atoms with Crippen molar-refractivity contribution in [3.63, 3.8) is 0 Å². The van der Waals surface area contributed by atoms with E-state index in [9.17, 15) is 14.4 Å². The topological polar surface area (TPSA) is 100 Å². The standard InChI is InChI=1S/C15H17NO7/c1-20-9-5-6-11(10(7-9)14(18)22-3)16-12(15(19)23-4)8-13(17)21-2/h5-8,16H,1-4H3/b12-8+. The molecule has 0 saturated heterocycles. The van der Waals surface area contributed by atoms with Crippen molar-refractivity contribution in [2.45, 2.75) is 0 Å². The Hall–Kier alpha value is -3.03. The van der Waals surface area contributed by atoms with Gasteiger partial charge in [0.25, 0.3) is 0 Å². The van der Waals surface area contributed by atoms with Crippen molar-refractivity contribution in [3.8, 4) is 5.75 Å². The molecule has 8 heteroatoms. The summed E-state index contributed by atoms with van der Waals surface area (Å²) in [5.41, 5.74) is 0.152. The van der Waals surface area contributed by atoms with Crippen LogP contribution in [0.2, 0.25) is 0 Å². The molecule has 0 unspecified atom stereocenters. The third kappa shape index (κ3) is 4.73. The van der Waals surface area contributed by atoms with Gasteiger partial charge in [0.15, 0.2) is 0 Å². The highest BCUT2D eigenvalue weighted by Crippen LogP contribution is 2.24. The van der Waals surface area contributed by atoms with Crippen LogP contribution in [0.1, 0.15) is 10.4 Å². The lowest BCUT2D eigenvalue weighted by molar-refractivity contribution is -0.138. The Balaban J connectivity index is 3.27. The highest BCUT2D eigenvalue weighted by Gasteiger charge is 2.18. The van der Waals surface area contributed by atoms with Gasteiger partial charge in [-0.15, -0.1) is 0 Å². The Labute approximate surface area is 133 Å². The van der Waals surface area contributed by atoms with Gasteiger partial charge in [0.05, 0.1) is 45.8 Å². The average molecular weight is 323 g/mol. The molecule has 0 bridgehead atoms. The summed E-state index contributed by atoms with van der Waals surface area (Å²) in [6, 6.07) is 4.50. The van der Waals surface area contributed by atoms with Crippen molar-refractivity contribution in [2.24, 2.45) is 0 Å². The molecule has 23 heavy (non-hydrogen) atoms. The summed E-state index contributed by atoms with van der Waals surface area (Å²) in [4.78, 5) is 34.9. The Morgan fingerprint density at radius 2 is 1.70 bits per heavy atom. The van der Waals surface area contributed by atoms with Gasteiger partial charge in [-0.3, -0.25) is 0 Å². The lowest BCUT2D eigenvalue weighted by atomic mass is 10.1. The van der Waals surface area contributed by atoms with E-state index >= 15 is 0 Å². The van der Waals surface area contributed by atoms with Crippen LogP contribution in [0.3, 0.4) is 0 Å². The van der Waals surface area contributed by atoms with E-state index in [2.05, 4.69) is 19.5 Å². The van der Waals surface area contributed by atoms with Gasteiger partial charge in [-0.05, 0) is 18.2 Å². The Morgan fingerprint density at radius 1 is 1.00 bits per heavy atom. The van der Waals surface area contributed by atoms with Crippen LogP contribution in [-0.2, 0) is 23.8 Å². The lowest BCUT2D eigenvalue weighted by Gasteiger charge is -2.13. The average Bonchev–Trinajstić information content (AvgIpc) is 2.59. The minimum atomic E-state index is -0.804. The summed E-state index contributed by atoms with van der Waals surface area (Å²) in [5, 5.41) is 2.66. The minimum absolute atomic E-state index is 0.117. The number of hydrogen-bond acceptors (Lipinski definition) is 8. The van der Waals surface area contributed by atoms with Crippen LogP contribution in [-0.4, -0.2) is 46.3 Å². The fraction of sp³-hybridized carbons (Fsp3) is 0.267. The maximum Gasteiger partial charge on any atom is 0.354 e. The van der Waals surface area contributed by atoms with Crippen molar-refractivity contribution in [1.29, 1.82) is 0 Å². The molecule has 0 fully saturated rings. The molecule has 0 atom stereocenters. The number of benzene rings is 1. The first kappa shape index (κ1) is 18.0. The summed E-state index contributed by atoms with van der Waals surface area (Å²) >= 11 is 0. The molecule has 0 radical (unpaired) electrons. The number of methoxy groups -OCH3 is 4. The van der Waals surface area contributed by atoms with Gasteiger partial charge in [0.2, 0.25) is 0 Å². The zero-order chi connectivity index (χ0) is 17.4. The van der Waals surface area contributed by atoms with Gasteiger partial charge in [-0.2, -0.15) is 0 Å². The van der Waals surface area contributed by atoms with Crippen LogP contribution in [0.4, 0.5) is 5.69 Å². The van der Waals surface area contributed by atoms with Crippen LogP contribution < -0.4 is 10.1 Å². The van der Waals surface area contributed by atoms with Gasteiger partial charge in [-0.25, -0.2) is 14.4 Å². The van der Waals surface area contributed by atoms with Crippen LogP contribution in [0.5, 0.6) is 5.75 Å². The molecule has 0 amide bonds. The molecular formula is C15H17NO7. The third-order valence-electron chi connectivity index (χ3n) is 2.77. The first-order valence-corrected chi connectivity index (χ1v) is 6.38. The van der Waals surface area contributed by atoms with Crippen molar-refractivity contribution in [3.05, 3.63) is 35.5 Å². The molecule has 0 spiro atoms. The number of nitrogens with one attached hydrogen (secondary N) is 1. The normalized spacial score (nSPS) is 10.5. The van der Waals surface area contributed by atoms with E-state index in [1.165, 1.54) is 33.5 Å². The number of anilines is 1. The van der Waals surface area contributed by atoms with Gasteiger partial charge < -0.3 is 24.3 Å². The molecule has 0 aliphatic carbocycles.